The molecular weight excluding hydrogens is 371 g/mol. The van der Waals surface area contributed by atoms with E-state index < -0.39 is 11.8 Å². The van der Waals surface area contributed by atoms with Gasteiger partial charge >= 0.3 is 5.76 Å². The van der Waals surface area contributed by atoms with E-state index in [2.05, 4.69) is 5.32 Å². The van der Waals surface area contributed by atoms with Crippen LogP contribution in [0.5, 0.6) is 0 Å². The first-order chi connectivity index (χ1) is 14.1. The first-order valence-electron chi connectivity index (χ1n) is 9.30. The highest BCUT2D eigenvalue weighted by atomic mass is 19.1. The monoisotopic (exact) mass is 390 g/mol. The molecule has 4 rings (SSSR count). The number of benzene rings is 3. The van der Waals surface area contributed by atoms with Gasteiger partial charge in [-0.1, -0.05) is 54.6 Å². The number of halogens is 1. The molecule has 1 aromatic heterocycles. The highest BCUT2D eigenvalue weighted by Crippen LogP contribution is 2.22. The molecule has 1 heterocycles. The van der Waals surface area contributed by atoms with E-state index in [1.54, 1.807) is 30.3 Å². The lowest BCUT2D eigenvalue weighted by Gasteiger charge is -2.20. The molecule has 1 N–H and O–H groups in total. The summed E-state index contributed by atoms with van der Waals surface area (Å²) in [4.78, 5) is 24.8. The van der Waals surface area contributed by atoms with Crippen LogP contribution in [-0.4, -0.2) is 10.5 Å². The number of carbonyl (C=O) groups excluding carboxylic acids is 1. The summed E-state index contributed by atoms with van der Waals surface area (Å²) in [5.41, 5.74) is 2.81. The normalized spacial score (nSPS) is 12.0. The van der Waals surface area contributed by atoms with Gasteiger partial charge in [-0.15, -0.1) is 0 Å². The number of aromatic nitrogens is 1. The molecule has 0 saturated carbocycles. The standard InChI is InChI=1S/C23H19FN2O3/c24-18-12-10-17(11-13-18)22(16-6-2-1-3-7-16)25-21(27)14-15-26-19-8-4-5-9-20(19)29-23(26)28/h1-13,22H,14-15H2,(H,25,27). The molecule has 0 spiro atoms. The van der Waals surface area contributed by atoms with Crippen molar-refractivity contribution in [3.63, 3.8) is 0 Å². The first kappa shape index (κ1) is 18.7. The van der Waals surface area contributed by atoms with Gasteiger partial charge in [-0.25, -0.2) is 9.18 Å². The van der Waals surface area contributed by atoms with Crippen molar-refractivity contribution in [1.29, 1.82) is 0 Å². The number of oxazole rings is 1. The maximum absolute atomic E-state index is 13.3. The van der Waals surface area contributed by atoms with Crippen molar-refractivity contribution in [2.45, 2.75) is 19.0 Å². The Morgan fingerprint density at radius 1 is 0.931 bits per heavy atom. The van der Waals surface area contributed by atoms with Crippen molar-refractivity contribution in [3.05, 3.63) is 106 Å². The fourth-order valence-corrected chi connectivity index (χ4v) is 3.33. The molecule has 0 bridgehead atoms. The number of carbonyl (C=O) groups is 1. The van der Waals surface area contributed by atoms with Gasteiger partial charge in [-0.2, -0.15) is 0 Å². The minimum atomic E-state index is -0.489. The van der Waals surface area contributed by atoms with Crippen LogP contribution in [0, 0.1) is 5.82 Å². The number of para-hydroxylation sites is 2. The third-order valence-corrected chi connectivity index (χ3v) is 4.78. The predicted octanol–water partition coefficient (Wildman–Crippen LogP) is 4.03. The summed E-state index contributed by atoms with van der Waals surface area (Å²) >= 11 is 0. The van der Waals surface area contributed by atoms with E-state index in [-0.39, 0.29) is 24.7 Å². The average Bonchev–Trinajstić information content (AvgIpc) is 3.07. The number of amides is 1. The fraction of sp³-hybridized carbons (Fsp3) is 0.130. The van der Waals surface area contributed by atoms with Gasteiger partial charge in [0.2, 0.25) is 5.91 Å². The van der Waals surface area contributed by atoms with Crippen LogP contribution in [0.1, 0.15) is 23.6 Å². The Labute approximate surface area is 166 Å². The minimum Gasteiger partial charge on any atom is -0.408 e. The number of fused-ring (bicyclic) bond motifs is 1. The van der Waals surface area contributed by atoms with Crippen LogP contribution >= 0.6 is 0 Å². The van der Waals surface area contributed by atoms with Gasteiger partial charge in [0, 0.05) is 13.0 Å². The Kier molecular flexibility index (Phi) is 5.24. The van der Waals surface area contributed by atoms with Crippen LogP contribution < -0.4 is 11.1 Å². The second-order valence-corrected chi connectivity index (χ2v) is 6.70. The van der Waals surface area contributed by atoms with Gasteiger partial charge in [0.15, 0.2) is 5.58 Å². The van der Waals surface area contributed by atoms with E-state index >= 15 is 0 Å². The van der Waals surface area contributed by atoms with Crippen LogP contribution in [0.15, 0.2) is 88.1 Å². The third kappa shape index (κ3) is 4.11. The number of nitrogens with zero attached hydrogens (tertiary/aromatic N) is 1. The van der Waals surface area contributed by atoms with Crippen molar-refractivity contribution < 1.29 is 13.6 Å². The molecule has 1 amide bonds. The third-order valence-electron chi connectivity index (χ3n) is 4.78. The molecule has 0 radical (unpaired) electrons. The van der Waals surface area contributed by atoms with Crippen molar-refractivity contribution in [2.75, 3.05) is 0 Å². The van der Waals surface area contributed by atoms with Crippen LogP contribution in [0.4, 0.5) is 4.39 Å². The van der Waals surface area contributed by atoms with Crippen LogP contribution in [0.2, 0.25) is 0 Å². The number of aryl methyl sites for hydroxylation is 1. The molecule has 1 atom stereocenters. The number of nitrogens with one attached hydrogen (secondary N) is 1. The lowest BCUT2D eigenvalue weighted by atomic mass is 9.98. The van der Waals surface area contributed by atoms with E-state index in [0.717, 1.165) is 11.1 Å². The lowest BCUT2D eigenvalue weighted by molar-refractivity contribution is -0.121. The highest BCUT2D eigenvalue weighted by molar-refractivity contribution is 5.77. The summed E-state index contributed by atoms with van der Waals surface area (Å²) in [6.07, 6.45) is 0.105. The average molecular weight is 390 g/mol. The molecule has 0 fully saturated rings. The molecule has 0 aliphatic heterocycles. The summed E-state index contributed by atoms with van der Waals surface area (Å²) in [7, 11) is 0. The Balaban J connectivity index is 1.53. The molecule has 0 aliphatic carbocycles. The summed E-state index contributed by atoms with van der Waals surface area (Å²) in [6.45, 7) is 0.201. The van der Waals surface area contributed by atoms with E-state index in [1.807, 2.05) is 36.4 Å². The largest absolute Gasteiger partial charge is 0.419 e. The Hall–Kier alpha value is -3.67. The summed E-state index contributed by atoms with van der Waals surface area (Å²) in [6, 6.07) is 22.2. The fourth-order valence-electron chi connectivity index (χ4n) is 3.33. The van der Waals surface area contributed by atoms with Crippen molar-refractivity contribution in [3.8, 4) is 0 Å². The molecule has 0 saturated heterocycles. The zero-order chi connectivity index (χ0) is 20.2. The van der Waals surface area contributed by atoms with Crippen molar-refractivity contribution >= 4 is 17.0 Å². The van der Waals surface area contributed by atoms with Gasteiger partial charge in [-0.3, -0.25) is 9.36 Å². The zero-order valence-electron chi connectivity index (χ0n) is 15.5. The molecular formula is C23H19FN2O3. The molecule has 1 unspecified atom stereocenters. The topological polar surface area (TPSA) is 64.2 Å². The zero-order valence-corrected chi connectivity index (χ0v) is 15.5. The van der Waals surface area contributed by atoms with Crippen LogP contribution in [0.25, 0.3) is 11.1 Å². The van der Waals surface area contributed by atoms with E-state index in [0.29, 0.717) is 11.1 Å². The van der Waals surface area contributed by atoms with Crippen LogP contribution in [0.3, 0.4) is 0 Å². The van der Waals surface area contributed by atoms with E-state index in [1.165, 1.54) is 16.7 Å². The van der Waals surface area contributed by atoms with Gasteiger partial charge < -0.3 is 9.73 Å². The summed E-state index contributed by atoms with van der Waals surface area (Å²) in [5.74, 6) is -1.05. The molecule has 146 valence electrons. The Bertz CT molecular complexity index is 1180. The lowest BCUT2D eigenvalue weighted by Crippen LogP contribution is -2.30. The smallest absolute Gasteiger partial charge is 0.408 e. The first-order valence-corrected chi connectivity index (χ1v) is 9.30. The number of hydrogen-bond donors (Lipinski definition) is 1. The summed E-state index contributed by atoms with van der Waals surface area (Å²) < 4.78 is 20.0. The van der Waals surface area contributed by atoms with Gasteiger partial charge in [0.05, 0.1) is 11.6 Å². The molecule has 5 nitrogen and oxygen atoms in total. The van der Waals surface area contributed by atoms with Crippen molar-refractivity contribution in [1.82, 2.24) is 9.88 Å². The SMILES string of the molecule is O=C(CCn1c(=O)oc2ccccc21)NC(c1ccccc1)c1ccc(F)cc1. The predicted molar refractivity (Wildman–Crippen MR) is 108 cm³/mol. The Morgan fingerprint density at radius 3 is 2.34 bits per heavy atom. The van der Waals surface area contributed by atoms with Gasteiger partial charge in [-0.05, 0) is 35.4 Å². The van der Waals surface area contributed by atoms with E-state index in [9.17, 15) is 14.0 Å². The summed E-state index contributed by atoms with van der Waals surface area (Å²) in [5, 5.41) is 2.99. The second-order valence-electron chi connectivity index (χ2n) is 6.70. The second kappa shape index (κ2) is 8.14. The minimum absolute atomic E-state index is 0.105. The molecule has 29 heavy (non-hydrogen) atoms. The van der Waals surface area contributed by atoms with Crippen LogP contribution in [-0.2, 0) is 11.3 Å². The maximum Gasteiger partial charge on any atom is 0.419 e. The molecule has 3 aromatic carbocycles. The number of hydrogen-bond acceptors (Lipinski definition) is 3. The van der Waals surface area contributed by atoms with Crippen molar-refractivity contribution in [2.24, 2.45) is 0 Å². The Morgan fingerprint density at radius 2 is 1.59 bits per heavy atom. The van der Waals surface area contributed by atoms with E-state index in [4.69, 9.17) is 4.42 Å². The molecule has 4 aromatic rings. The maximum atomic E-state index is 13.3. The quantitative estimate of drug-likeness (QED) is 0.541. The van der Waals surface area contributed by atoms with Gasteiger partial charge in [0.25, 0.3) is 0 Å². The van der Waals surface area contributed by atoms with Gasteiger partial charge in [0.1, 0.15) is 5.82 Å². The number of rotatable bonds is 6. The molecule has 0 aliphatic rings. The molecule has 6 heteroatoms. The highest BCUT2D eigenvalue weighted by Gasteiger charge is 2.18.